The highest BCUT2D eigenvalue weighted by Crippen LogP contribution is 2.04. The maximum atomic E-state index is 11.7. The lowest BCUT2D eigenvalue weighted by Crippen LogP contribution is -2.44. The summed E-state index contributed by atoms with van der Waals surface area (Å²) in [5, 5.41) is 18.5. The maximum Gasteiger partial charge on any atom is 0.239 e. The van der Waals surface area contributed by atoms with Gasteiger partial charge in [-0.15, -0.1) is 0 Å². The molecule has 1 saturated heterocycles. The number of ether oxygens (including phenoxy) is 2. The Morgan fingerprint density at radius 2 is 1.39 bits per heavy atom. The number of hydrogen-bond donors (Lipinski definition) is 6. The van der Waals surface area contributed by atoms with Crippen LogP contribution in [0.25, 0.3) is 0 Å². The van der Waals surface area contributed by atoms with E-state index in [1.807, 2.05) is 20.9 Å². The van der Waals surface area contributed by atoms with Crippen molar-refractivity contribution in [3.05, 3.63) is 0 Å². The summed E-state index contributed by atoms with van der Waals surface area (Å²) in [6, 6.07) is 0. The number of hydrogen-bond acceptors (Lipinski definition) is 11. The first-order valence-corrected chi connectivity index (χ1v) is 14.7. The summed E-state index contributed by atoms with van der Waals surface area (Å²) < 4.78 is 15.1. The van der Waals surface area contributed by atoms with E-state index in [-0.39, 0.29) is 51.2 Å². The number of carbonyl (C=O) groups excluding carboxylic acids is 5. The van der Waals surface area contributed by atoms with E-state index in [1.165, 1.54) is 0 Å². The fourth-order valence-corrected chi connectivity index (χ4v) is 3.14. The maximum absolute atomic E-state index is 11.7. The van der Waals surface area contributed by atoms with Crippen LogP contribution in [-0.4, -0.2) is 130 Å². The second kappa shape index (κ2) is 30.7. The quantitative estimate of drug-likeness (QED) is 0.0499. The molecule has 2 atom stereocenters. The van der Waals surface area contributed by atoms with Gasteiger partial charge in [0.15, 0.2) is 9.03 Å². The van der Waals surface area contributed by atoms with Gasteiger partial charge in [0.1, 0.15) is 6.29 Å². The van der Waals surface area contributed by atoms with Gasteiger partial charge in [-0.2, -0.15) is 0 Å². The molecule has 240 valence electrons. The van der Waals surface area contributed by atoms with E-state index in [1.54, 1.807) is 0 Å². The molecule has 0 aromatic carbocycles. The molecule has 41 heavy (non-hydrogen) atoms. The van der Waals surface area contributed by atoms with Crippen LogP contribution >= 0.6 is 9.03 Å². The second-order valence-corrected chi connectivity index (χ2v) is 8.93. The van der Waals surface area contributed by atoms with Crippen LogP contribution < -0.4 is 21.3 Å². The Bertz CT molecular complexity index is 698. The molecule has 1 heterocycles. The van der Waals surface area contributed by atoms with Crippen molar-refractivity contribution in [2.45, 2.75) is 52.1 Å². The van der Waals surface area contributed by atoms with Gasteiger partial charge in [0.25, 0.3) is 0 Å². The molecule has 1 rings (SSSR count). The summed E-state index contributed by atoms with van der Waals surface area (Å²) in [4.78, 5) is 67.1. The lowest BCUT2D eigenvalue weighted by Gasteiger charge is -2.09. The highest BCUT2D eigenvalue weighted by atomic mass is 31.1. The number of carbonyl (C=O) groups is 5. The van der Waals surface area contributed by atoms with Crippen LogP contribution in [-0.2, 0) is 38.0 Å². The van der Waals surface area contributed by atoms with Gasteiger partial charge in [-0.05, 0) is 26.3 Å². The number of amides is 4. The van der Waals surface area contributed by atoms with E-state index in [4.69, 9.17) is 24.0 Å². The third-order valence-electron chi connectivity index (χ3n) is 5.02. The van der Waals surface area contributed by atoms with Crippen LogP contribution in [0, 0.1) is 0 Å². The van der Waals surface area contributed by atoms with Crippen molar-refractivity contribution in [1.29, 1.82) is 0 Å². The summed E-state index contributed by atoms with van der Waals surface area (Å²) >= 11 is 0. The number of aliphatic hydroxyl groups excluding tert-OH is 1. The van der Waals surface area contributed by atoms with Gasteiger partial charge in [0, 0.05) is 32.5 Å². The van der Waals surface area contributed by atoms with Crippen LogP contribution in [0.5, 0.6) is 0 Å². The van der Waals surface area contributed by atoms with E-state index < -0.39 is 26.8 Å². The van der Waals surface area contributed by atoms with Crippen molar-refractivity contribution in [2.75, 3.05) is 79.4 Å². The number of unbranched alkanes of at least 4 members (excludes halogenated alkanes) is 2. The number of aliphatic hydroxyl groups is 1. The van der Waals surface area contributed by atoms with Crippen molar-refractivity contribution in [1.82, 2.24) is 26.2 Å². The first-order chi connectivity index (χ1) is 19.8. The Balaban J connectivity index is 0. The third-order valence-corrected chi connectivity index (χ3v) is 5.35. The number of aldehydes is 1. The second-order valence-electron chi connectivity index (χ2n) is 8.46. The topological polar surface area (TPSA) is 205 Å². The van der Waals surface area contributed by atoms with E-state index in [9.17, 15) is 24.0 Å². The highest BCUT2D eigenvalue weighted by molar-refractivity contribution is 7.24. The molecule has 1 aliphatic rings. The van der Waals surface area contributed by atoms with Crippen molar-refractivity contribution < 1.29 is 48.0 Å². The lowest BCUT2D eigenvalue weighted by molar-refractivity contribution is -0.128. The number of rotatable bonds is 21. The predicted octanol–water partition coefficient (Wildman–Crippen LogP) is -1.53. The Kier molecular flexibility index (Phi) is 30.6. The van der Waals surface area contributed by atoms with Gasteiger partial charge >= 0.3 is 0 Å². The largest absolute Gasteiger partial charge is 0.392 e. The smallest absolute Gasteiger partial charge is 0.239 e. The number of likely N-dealkylation sites (N-methyl/N-ethyl adjacent to an activating group) is 1. The van der Waals surface area contributed by atoms with Crippen LogP contribution in [0.2, 0.25) is 0 Å². The number of β-amino-alcohol motifs (C(OH)–C–C–N with tert-alkyl or cyclic N) is 1. The summed E-state index contributed by atoms with van der Waals surface area (Å²) in [7, 11) is 1.47. The zero-order chi connectivity index (χ0) is 31.1. The van der Waals surface area contributed by atoms with Crippen LogP contribution in [0.3, 0.4) is 0 Å². The molecule has 0 aromatic rings. The standard InChI is InChI=1S/C18H33N4O9P.C5H11NO.C2H6/c23-6-3-1-2-4-15(24)20-13-17(26)22-14-18(27)21-12-16(25)19-5-7-29-8-9-30-10-11-31-32-28;1-6-3-2-5(7)4-6;1-2/h6,28,32H,1-5,7-14H2,(H,19,25)(H,20,24)(H,21,27)(H,22,26);5,7H,2-4H2,1H3;1-2H3/t;5-;/m.0./s1. The van der Waals surface area contributed by atoms with E-state index in [0.29, 0.717) is 45.7 Å². The predicted molar refractivity (Wildman–Crippen MR) is 154 cm³/mol. The molecule has 4 amide bonds. The molecule has 0 spiro atoms. The van der Waals surface area contributed by atoms with E-state index in [2.05, 4.69) is 26.2 Å². The van der Waals surface area contributed by atoms with Crippen molar-refractivity contribution in [3.63, 3.8) is 0 Å². The molecule has 6 N–H and O–H groups in total. The minimum atomic E-state index is -0.555. The summed E-state index contributed by atoms with van der Waals surface area (Å²) in [6.45, 7) is 6.98. The van der Waals surface area contributed by atoms with Gasteiger partial charge < -0.3 is 55.0 Å². The van der Waals surface area contributed by atoms with Gasteiger partial charge in [-0.1, -0.05) is 13.8 Å². The van der Waals surface area contributed by atoms with Crippen molar-refractivity contribution in [2.24, 2.45) is 0 Å². The van der Waals surface area contributed by atoms with Gasteiger partial charge in [0.2, 0.25) is 23.6 Å². The minimum absolute atomic E-state index is 0.0509. The number of nitrogens with one attached hydrogen (secondary N) is 4. The molecule has 1 aliphatic heterocycles. The van der Waals surface area contributed by atoms with Gasteiger partial charge in [-0.3, -0.25) is 19.2 Å². The zero-order valence-electron chi connectivity index (χ0n) is 24.6. The van der Waals surface area contributed by atoms with Gasteiger partial charge in [0.05, 0.1) is 58.8 Å². The Morgan fingerprint density at radius 1 is 0.854 bits per heavy atom. The number of likely N-dealkylation sites (tertiary alicyclic amines) is 1. The summed E-state index contributed by atoms with van der Waals surface area (Å²) in [5.74, 6) is -1.80. The molecule has 1 unspecified atom stereocenters. The molecule has 0 radical (unpaired) electrons. The zero-order valence-corrected chi connectivity index (χ0v) is 25.6. The first kappa shape index (κ1) is 40.9. The molecule has 0 saturated carbocycles. The van der Waals surface area contributed by atoms with Crippen molar-refractivity contribution in [3.8, 4) is 0 Å². The monoisotopic (exact) mass is 611 g/mol. The molecule has 16 heteroatoms. The molecular formula is C25H50N5O10P. The lowest BCUT2D eigenvalue weighted by atomic mass is 10.2. The fraction of sp³-hybridized carbons (Fsp3) is 0.800. The molecule has 0 bridgehead atoms. The Labute approximate surface area is 244 Å². The SMILES string of the molecule is CC.CN1CC[C@H](O)C1.O=CCCCCC(=O)NCC(=O)NCC(=O)NCC(=O)NCCOCCOCCOPO. The number of nitrogens with zero attached hydrogens (tertiary/aromatic N) is 1. The average molecular weight is 612 g/mol. The average Bonchev–Trinajstić information content (AvgIpc) is 3.36. The van der Waals surface area contributed by atoms with Crippen LogP contribution in [0.1, 0.15) is 46.0 Å². The highest BCUT2D eigenvalue weighted by Gasteiger charge is 2.15. The first-order valence-electron chi connectivity index (χ1n) is 13.8. The third kappa shape index (κ3) is 30.5. The Morgan fingerprint density at radius 3 is 1.88 bits per heavy atom. The molecule has 0 aliphatic carbocycles. The van der Waals surface area contributed by atoms with Gasteiger partial charge in [-0.25, -0.2) is 0 Å². The van der Waals surface area contributed by atoms with Crippen LogP contribution in [0.15, 0.2) is 0 Å². The normalized spacial score (nSPS) is 14.3. The molecular weight excluding hydrogens is 561 g/mol. The van der Waals surface area contributed by atoms with E-state index >= 15 is 0 Å². The Hall–Kier alpha value is -2.26. The fourth-order valence-electron chi connectivity index (χ4n) is 2.97. The van der Waals surface area contributed by atoms with Crippen LogP contribution in [0.4, 0.5) is 0 Å². The summed E-state index contributed by atoms with van der Waals surface area (Å²) in [6.07, 6.45) is 3.47. The molecule has 15 nitrogen and oxygen atoms in total. The van der Waals surface area contributed by atoms with E-state index in [0.717, 1.165) is 25.8 Å². The molecule has 1 fully saturated rings. The molecule has 0 aromatic heterocycles. The summed E-state index contributed by atoms with van der Waals surface area (Å²) in [5.41, 5.74) is 0. The minimum Gasteiger partial charge on any atom is -0.392 e. The van der Waals surface area contributed by atoms with Crippen molar-refractivity contribution >= 4 is 38.9 Å².